The van der Waals surface area contributed by atoms with E-state index in [-0.39, 0.29) is 46.2 Å². The molecule has 270 valence electrons. The van der Waals surface area contributed by atoms with Gasteiger partial charge < -0.3 is 34.8 Å². The van der Waals surface area contributed by atoms with E-state index in [1.165, 1.54) is 18.2 Å². The predicted molar refractivity (Wildman–Crippen MR) is 179 cm³/mol. The molecule has 0 aliphatic carbocycles. The highest BCUT2D eigenvalue weighted by Crippen LogP contribution is 2.25. The third-order valence-corrected chi connectivity index (χ3v) is 6.81. The monoisotopic (exact) mass is 690 g/mol. The molecule has 0 unspecified atom stereocenters. The standard InChI is InChI=1S/C16H23N3O5.C9H18N2O2.C7H5NO4/c1-16(2,3)24-15(21)18-8-6-17(7-9-18)11-12-10-13(19(22)23)4-5-14(12)20;1-9(2,3)13-8(12)11-6-4-10-5-7-11;9-4-5-3-6(8(11)12)1-2-7(5)10/h4-5,10,20H,6-9,11H2,1-3H3;10H,4-7H2,1-3H3;1-4,10H. The number of piperazine rings is 2. The first kappa shape index (κ1) is 40.1. The summed E-state index contributed by atoms with van der Waals surface area (Å²) >= 11 is 0. The number of nitrogens with zero attached hydrogens (tertiary/aromatic N) is 5. The lowest BCUT2D eigenvalue weighted by molar-refractivity contribution is -0.385. The van der Waals surface area contributed by atoms with E-state index < -0.39 is 15.4 Å². The van der Waals surface area contributed by atoms with Gasteiger partial charge >= 0.3 is 12.2 Å². The second kappa shape index (κ2) is 17.9. The van der Waals surface area contributed by atoms with Crippen LogP contribution < -0.4 is 5.32 Å². The minimum atomic E-state index is -0.633. The van der Waals surface area contributed by atoms with E-state index in [1.54, 1.807) is 9.80 Å². The first-order chi connectivity index (χ1) is 22.8. The summed E-state index contributed by atoms with van der Waals surface area (Å²) in [6, 6.07) is 7.26. The van der Waals surface area contributed by atoms with Crippen LogP contribution in [0.1, 0.15) is 57.5 Å². The Morgan fingerprint density at radius 1 is 0.776 bits per heavy atom. The Kier molecular flexibility index (Phi) is 14.7. The van der Waals surface area contributed by atoms with Crippen LogP contribution in [-0.4, -0.2) is 117 Å². The van der Waals surface area contributed by atoms with Gasteiger partial charge in [-0.05, 0) is 53.7 Å². The Labute approximate surface area is 284 Å². The number of hydrogen-bond acceptors (Lipinski definition) is 13. The largest absolute Gasteiger partial charge is 0.508 e. The van der Waals surface area contributed by atoms with Crippen molar-refractivity contribution in [1.82, 2.24) is 20.0 Å². The van der Waals surface area contributed by atoms with Gasteiger partial charge in [-0.15, -0.1) is 0 Å². The number of nitro groups is 2. The number of phenolic OH excluding ortho intramolecular Hbond substituents is 2. The number of aromatic hydroxyl groups is 2. The summed E-state index contributed by atoms with van der Waals surface area (Å²) in [5.41, 5.74) is -0.741. The molecule has 49 heavy (non-hydrogen) atoms. The van der Waals surface area contributed by atoms with Gasteiger partial charge in [-0.2, -0.15) is 0 Å². The zero-order valence-corrected chi connectivity index (χ0v) is 28.7. The van der Waals surface area contributed by atoms with Gasteiger partial charge in [-0.3, -0.25) is 29.9 Å². The molecule has 0 aromatic heterocycles. The van der Waals surface area contributed by atoms with Gasteiger partial charge in [0.05, 0.1) is 15.4 Å². The maximum absolute atomic E-state index is 12.0. The fourth-order valence-corrected chi connectivity index (χ4v) is 4.39. The molecule has 2 aromatic carbocycles. The van der Waals surface area contributed by atoms with Crippen LogP contribution in [0.2, 0.25) is 0 Å². The number of phenols is 2. The lowest BCUT2D eigenvalue weighted by Crippen LogP contribution is -2.49. The van der Waals surface area contributed by atoms with Crippen molar-refractivity contribution in [3.63, 3.8) is 0 Å². The summed E-state index contributed by atoms with van der Waals surface area (Å²) in [5.74, 6) is -0.217. The number of aldehydes is 1. The molecule has 2 aliphatic heterocycles. The van der Waals surface area contributed by atoms with Crippen LogP contribution in [-0.2, 0) is 16.0 Å². The normalized spacial score (nSPS) is 15.1. The van der Waals surface area contributed by atoms with E-state index in [0.29, 0.717) is 44.6 Å². The zero-order chi connectivity index (χ0) is 36.9. The molecular formula is C32H46N6O11. The number of benzene rings is 2. The van der Waals surface area contributed by atoms with Crippen molar-refractivity contribution in [2.45, 2.75) is 59.3 Å². The SMILES string of the molecule is CC(C)(C)OC(=O)N1CCN(Cc2cc([N+](=O)[O-])ccc2O)CC1.CC(C)(C)OC(=O)N1CCNCC1.O=Cc1cc([N+](=O)[O-])ccc1O. The number of nitro benzene ring substituents is 2. The van der Waals surface area contributed by atoms with E-state index in [1.807, 2.05) is 46.4 Å². The average Bonchev–Trinajstić information content (AvgIpc) is 3.02. The number of carbonyl (C=O) groups excluding carboxylic acids is 3. The van der Waals surface area contributed by atoms with Crippen molar-refractivity contribution in [3.8, 4) is 11.5 Å². The van der Waals surface area contributed by atoms with Gasteiger partial charge in [0.1, 0.15) is 22.7 Å². The molecule has 2 fully saturated rings. The average molecular weight is 691 g/mol. The number of carbonyl (C=O) groups is 3. The number of amides is 2. The van der Waals surface area contributed by atoms with E-state index >= 15 is 0 Å². The number of ether oxygens (including phenoxy) is 2. The minimum absolute atomic E-state index is 0.0372. The Bertz CT molecular complexity index is 1460. The van der Waals surface area contributed by atoms with Crippen molar-refractivity contribution in [2.24, 2.45) is 0 Å². The van der Waals surface area contributed by atoms with Crippen LogP contribution in [0.4, 0.5) is 21.0 Å². The van der Waals surface area contributed by atoms with Crippen molar-refractivity contribution in [2.75, 3.05) is 52.4 Å². The summed E-state index contributed by atoms with van der Waals surface area (Å²) in [5, 5.41) is 43.1. The molecule has 2 saturated heterocycles. The maximum atomic E-state index is 12.0. The van der Waals surface area contributed by atoms with E-state index in [0.717, 1.165) is 44.4 Å². The second-order valence-electron chi connectivity index (χ2n) is 13.1. The predicted octanol–water partition coefficient (Wildman–Crippen LogP) is 4.29. The minimum Gasteiger partial charge on any atom is -0.508 e. The summed E-state index contributed by atoms with van der Waals surface area (Å²) < 4.78 is 10.6. The van der Waals surface area contributed by atoms with Crippen LogP contribution in [0.5, 0.6) is 11.5 Å². The quantitative estimate of drug-likeness (QED) is 0.227. The van der Waals surface area contributed by atoms with Gasteiger partial charge in [0.15, 0.2) is 6.29 Å². The molecule has 0 saturated carbocycles. The molecule has 0 bridgehead atoms. The Morgan fingerprint density at radius 3 is 1.67 bits per heavy atom. The summed E-state index contributed by atoms with van der Waals surface area (Å²) in [6.45, 7) is 17.0. The van der Waals surface area contributed by atoms with E-state index in [2.05, 4.69) is 5.32 Å². The second-order valence-corrected chi connectivity index (χ2v) is 13.1. The molecule has 3 N–H and O–H groups in total. The van der Waals surface area contributed by atoms with Gasteiger partial charge in [-0.25, -0.2) is 9.59 Å². The van der Waals surface area contributed by atoms with Gasteiger partial charge in [0.2, 0.25) is 0 Å². The highest BCUT2D eigenvalue weighted by molar-refractivity contribution is 5.80. The van der Waals surface area contributed by atoms with Crippen LogP contribution >= 0.6 is 0 Å². The Morgan fingerprint density at radius 2 is 1.22 bits per heavy atom. The molecule has 4 rings (SSSR count). The summed E-state index contributed by atoms with van der Waals surface area (Å²) in [4.78, 5) is 59.1. The first-order valence-corrected chi connectivity index (χ1v) is 15.6. The molecular weight excluding hydrogens is 644 g/mol. The van der Waals surface area contributed by atoms with Gasteiger partial charge in [-0.1, -0.05) is 0 Å². The van der Waals surface area contributed by atoms with Gasteiger partial charge in [0, 0.05) is 88.7 Å². The Balaban J connectivity index is 0.000000281. The molecule has 0 spiro atoms. The first-order valence-electron chi connectivity index (χ1n) is 15.6. The van der Waals surface area contributed by atoms with E-state index in [4.69, 9.17) is 14.6 Å². The fourth-order valence-electron chi connectivity index (χ4n) is 4.39. The molecule has 0 atom stereocenters. The Hall–Kier alpha value is -5.03. The lowest BCUT2D eigenvalue weighted by Gasteiger charge is -2.35. The molecule has 0 radical (unpaired) electrons. The number of nitrogens with one attached hydrogen (secondary N) is 1. The summed E-state index contributed by atoms with van der Waals surface area (Å²) in [7, 11) is 0. The molecule has 17 heteroatoms. The highest BCUT2D eigenvalue weighted by Gasteiger charge is 2.27. The third kappa shape index (κ3) is 14.3. The number of hydrogen-bond donors (Lipinski definition) is 3. The maximum Gasteiger partial charge on any atom is 0.410 e. The van der Waals surface area contributed by atoms with Crippen molar-refractivity contribution in [3.05, 3.63) is 67.8 Å². The van der Waals surface area contributed by atoms with Crippen LogP contribution in [0.3, 0.4) is 0 Å². The molecule has 2 amide bonds. The number of rotatable bonds is 5. The summed E-state index contributed by atoms with van der Waals surface area (Å²) in [6.07, 6.45) is -0.170. The smallest absolute Gasteiger partial charge is 0.410 e. The molecule has 2 aromatic rings. The van der Waals surface area contributed by atoms with E-state index in [9.17, 15) is 39.7 Å². The highest BCUT2D eigenvalue weighted by atomic mass is 16.6. The molecule has 17 nitrogen and oxygen atoms in total. The van der Waals surface area contributed by atoms with Crippen molar-refractivity contribution in [1.29, 1.82) is 0 Å². The van der Waals surface area contributed by atoms with Crippen molar-refractivity contribution < 1.29 is 43.9 Å². The number of non-ortho nitro benzene ring substituents is 2. The lowest BCUT2D eigenvalue weighted by atomic mass is 10.1. The van der Waals surface area contributed by atoms with Crippen LogP contribution in [0.25, 0.3) is 0 Å². The van der Waals surface area contributed by atoms with Crippen LogP contribution in [0.15, 0.2) is 36.4 Å². The van der Waals surface area contributed by atoms with Crippen molar-refractivity contribution >= 4 is 29.8 Å². The van der Waals surface area contributed by atoms with Crippen LogP contribution in [0, 0.1) is 20.2 Å². The topological polar surface area (TPSA) is 218 Å². The molecule has 2 heterocycles. The zero-order valence-electron chi connectivity index (χ0n) is 28.7. The van der Waals surface area contributed by atoms with Gasteiger partial charge in [0.25, 0.3) is 11.4 Å². The molecule has 2 aliphatic rings. The fraction of sp³-hybridized carbons (Fsp3) is 0.531. The third-order valence-electron chi connectivity index (χ3n) is 6.81.